The van der Waals surface area contributed by atoms with Gasteiger partial charge < -0.3 is 10.4 Å². The summed E-state index contributed by atoms with van der Waals surface area (Å²) in [4.78, 5) is 31.7. The van der Waals surface area contributed by atoms with Crippen LogP contribution in [0, 0.1) is 6.92 Å². The highest BCUT2D eigenvalue weighted by Gasteiger charge is 2.16. The molecule has 0 atom stereocenters. The van der Waals surface area contributed by atoms with Crippen LogP contribution in [0.4, 0.5) is 0 Å². The number of aromatic carboxylic acids is 1. The Morgan fingerprint density at radius 3 is 2.76 bits per heavy atom. The highest BCUT2D eigenvalue weighted by Crippen LogP contribution is 2.19. The summed E-state index contributed by atoms with van der Waals surface area (Å²) in [5.74, 6) is -1.36. The van der Waals surface area contributed by atoms with Crippen molar-refractivity contribution < 1.29 is 14.7 Å². The lowest BCUT2D eigenvalue weighted by molar-refractivity contribution is 0.0691. The van der Waals surface area contributed by atoms with Gasteiger partial charge in [0.1, 0.15) is 5.01 Å². The Kier molecular flexibility index (Phi) is 4.49. The number of carbonyl (C=O) groups is 2. The largest absolute Gasteiger partial charge is 0.476 e. The topological polar surface area (TPSA) is 110 Å². The number of pyridine rings is 1. The summed E-state index contributed by atoms with van der Waals surface area (Å²) in [6, 6.07) is 1.95. The van der Waals surface area contributed by atoms with Gasteiger partial charge in [-0.05, 0) is 26.8 Å². The SMILES string of the molecule is Cc1nc2c(cnn2C(C)C)cc1C(=O)NCc1nc(C(=O)O)cs1. The molecule has 3 heterocycles. The van der Waals surface area contributed by atoms with E-state index in [9.17, 15) is 9.59 Å². The maximum Gasteiger partial charge on any atom is 0.355 e. The van der Waals surface area contributed by atoms with E-state index in [1.807, 2.05) is 18.5 Å². The molecule has 0 aromatic carbocycles. The first-order valence-electron chi connectivity index (χ1n) is 7.67. The van der Waals surface area contributed by atoms with Crippen molar-refractivity contribution in [1.82, 2.24) is 25.1 Å². The normalized spacial score (nSPS) is 11.2. The number of rotatable bonds is 5. The fourth-order valence-electron chi connectivity index (χ4n) is 2.41. The van der Waals surface area contributed by atoms with Gasteiger partial charge in [0.05, 0.1) is 24.0 Å². The van der Waals surface area contributed by atoms with Crippen LogP contribution in [-0.4, -0.2) is 36.7 Å². The van der Waals surface area contributed by atoms with E-state index in [0.29, 0.717) is 16.3 Å². The molecule has 0 bridgehead atoms. The standard InChI is InChI=1S/C16H17N5O3S/c1-8(2)21-14-10(5-18-21)4-11(9(3)19-14)15(22)17-6-13-20-12(7-25-13)16(23)24/h4-5,7-8H,6H2,1-3H3,(H,17,22)(H,23,24). The van der Waals surface area contributed by atoms with Gasteiger partial charge >= 0.3 is 5.97 Å². The van der Waals surface area contributed by atoms with Crippen LogP contribution in [0.25, 0.3) is 11.0 Å². The second-order valence-electron chi connectivity index (χ2n) is 5.83. The van der Waals surface area contributed by atoms with Crippen molar-refractivity contribution in [3.63, 3.8) is 0 Å². The minimum absolute atomic E-state index is 0.0189. The van der Waals surface area contributed by atoms with Crippen LogP contribution >= 0.6 is 11.3 Å². The van der Waals surface area contributed by atoms with Crippen LogP contribution in [0.15, 0.2) is 17.6 Å². The van der Waals surface area contributed by atoms with Gasteiger partial charge in [-0.3, -0.25) is 4.79 Å². The molecule has 25 heavy (non-hydrogen) atoms. The van der Waals surface area contributed by atoms with E-state index in [0.717, 1.165) is 11.0 Å². The van der Waals surface area contributed by atoms with E-state index in [4.69, 9.17) is 5.11 Å². The first-order chi connectivity index (χ1) is 11.9. The van der Waals surface area contributed by atoms with E-state index in [1.54, 1.807) is 19.2 Å². The summed E-state index contributed by atoms with van der Waals surface area (Å²) in [6.45, 7) is 5.98. The summed E-state index contributed by atoms with van der Waals surface area (Å²) < 4.78 is 1.81. The van der Waals surface area contributed by atoms with Crippen LogP contribution in [0.2, 0.25) is 0 Å². The quantitative estimate of drug-likeness (QED) is 0.724. The highest BCUT2D eigenvalue weighted by molar-refractivity contribution is 7.09. The summed E-state index contributed by atoms with van der Waals surface area (Å²) >= 11 is 1.19. The molecule has 0 radical (unpaired) electrons. The molecule has 3 rings (SSSR count). The second-order valence-corrected chi connectivity index (χ2v) is 6.77. The van der Waals surface area contributed by atoms with Gasteiger partial charge in [0.2, 0.25) is 0 Å². The predicted octanol–water partition coefficient (Wildman–Crippen LogP) is 2.41. The molecular weight excluding hydrogens is 342 g/mol. The molecular formula is C16H17N5O3S. The third-order valence-electron chi connectivity index (χ3n) is 3.66. The Labute approximate surface area is 147 Å². The molecule has 0 aliphatic heterocycles. The van der Waals surface area contributed by atoms with Crippen molar-refractivity contribution in [2.24, 2.45) is 0 Å². The number of carboxylic acid groups (broad SMARTS) is 1. The van der Waals surface area contributed by atoms with Gasteiger partial charge in [0.25, 0.3) is 5.91 Å². The molecule has 130 valence electrons. The number of aryl methyl sites for hydroxylation is 1. The van der Waals surface area contributed by atoms with E-state index in [2.05, 4.69) is 20.4 Å². The lowest BCUT2D eigenvalue weighted by Gasteiger charge is -2.09. The van der Waals surface area contributed by atoms with Crippen LogP contribution < -0.4 is 5.32 Å². The van der Waals surface area contributed by atoms with E-state index in [-0.39, 0.29) is 24.2 Å². The van der Waals surface area contributed by atoms with Crippen LogP contribution in [0.5, 0.6) is 0 Å². The Bertz CT molecular complexity index is 960. The monoisotopic (exact) mass is 359 g/mol. The molecule has 3 aromatic rings. The van der Waals surface area contributed by atoms with Crippen molar-refractivity contribution in [2.45, 2.75) is 33.4 Å². The number of amides is 1. The van der Waals surface area contributed by atoms with Crippen LogP contribution in [0.1, 0.15) is 51.4 Å². The van der Waals surface area contributed by atoms with Crippen molar-refractivity contribution in [3.05, 3.63) is 39.6 Å². The number of aromatic nitrogens is 4. The maximum atomic E-state index is 12.4. The number of fused-ring (bicyclic) bond motifs is 1. The number of nitrogens with zero attached hydrogens (tertiary/aromatic N) is 4. The first kappa shape index (κ1) is 17.0. The lowest BCUT2D eigenvalue weighted by Crippen LogP contribution is -2.24. The molecule has 0 aliphatic carbocycles. The van der Waals surface area contributed by atoms with Gasteiger partial charge in [-0.1, -0.05) is 0 Å². The smallest absolute Gasteiger partial charge is 0.355 e. The number of thiazole rings is 1. The molecule has 3 aromatic heterocycles. The minimum atomic E-state index is -1.08. The third kappa shape index (κ3) is 3.36. The molecule has 2 N–H and O–H groups in total. The lowest BCUT2D eigenvalue weighted by atomic mass is 10.1. The summed E-state index contributed by atoms with van der Waals surface area (Å²) in [5, 5.41) is 18.7. The number of carboxylic acids is 1. The molecule has 0 saturated carbocycles. The molecule has 0 fully saturated rings. The average molecular weight is 359 g/mol. The Morgan fingerprint density at radius 1 is 1.36 bits per heavy atom. The van der Waals surface area contributed by atoms with E-state index < -0.39 is 5.97 Å². The maximum absolute atomic E-state index is 12.4. The highest BCUT2D eigenvalue weighted by atomic mass is 32.1. The van der Waals surface area contributed by atoms with Crippen molar-refractivity contribution in [2.75, 3.05) is 0 Å². The number of hydrogen-bond donors (Lipinski definition) is 2. The van der Waals surface area contributed by atoms with Gasteiger partial charge in [0.15, 0.2) is 11.3 Å². The van der Waals surface area contributed by atoms with Crippen LogP contribution in [-0.2, 0) is 6.54 Å². The van der Waals surface area contributed by atoms with Crippen molar-refractivity contribution in [3.8, 4) is 0 Å². The van der Waals surface area contributed by atoms with Crippen molar-refractivity contribution >= 4 is 34.2 Å². The van der Waals surface area contributed by atoms with Gasteiger partial charge in [-0.2, -0.15) is 5.10 Å². The number of carbonyl (C=O) groups excluding carboxylic acids is 1. The van der Waals surface area contributed by atoms with Crippen molar-refractivity contribution in [1.29, 1.82) is 0 Å². The summed E-state index contributed by atoms with van der Waals surface area (Å²) in [5.41, 5.74) is 1.80. The molecule has 0 unspecified atom stereocenters. The van der Waals surface area contributed by atoms with Crippen LogP contribution in [0.3, 0.4) is 0 Å². The Balaban J connectivity index is 1.79. The molecule has 1 amide bonds. The Hall–Kier alpha value is -2.81. The van der Waals surface area contributed by atoms with Gasteiger partial charge in [-0.25, -0.2) is 19.4 Å². The molecule has 9 heteroatoms. The fourth-order valence-corrected chi connectivity index (χ4v) is 3.12. The first-order valence-corrected chi connectivity index (χ1v) is 8.55. The zero-order valence-corrected chi connectivity index (χ0v) is 14.8. The van der Waals surface area contributed by atoms with Gasteiger partial charge in [0, 0.05) is 16.8 Å². The minimum Gasteiger partial charge on any atom is -0.476 e. The fraction of sp³-hybridized carbons (Fsp3) is 0.312. The molecule has 0 spiro atoms. The van der Waals surface area contributed by atoms with Gasteiger partial charge in [-0.15, -0.1) is 11.3 Å². The molecule has 0 aliphatic rings. The third-order valence-corrected chi connectivity index (χ3v) is 4.51. The predicted molar refractivity (Wildman–Crippen MR) is 92.9 cm³/mol. The number of hydrogen-bond acceptors (Lipinski definition) is 6. The van der Waals surface area contributed by atoms with E-state index >= 15 is 0 Å². The zero-order chi connectivity index (χ0) is 18.1. The summed E-state index contributed by atoms with van der Waals surface area (Å²) in [6.07, 6.45) is 1.69. The molecule has 0 saturated heterocycles. The second kappa shape index (κ2) is 6.60. The average Bonchev–Trinajstić information content (AvgIpc) is 3.18. The summed E-state index contributed by atoms with van der Waals surface area (Å²) in [7, 11) is 0. The zero-order valence-electron chi connectivity index (χ0n) is 14.0. The Morgan fingerprint density at radius 2 is 2.12 bits per heavy atom. The van der Waals surface area contributed by atoms with E-state index in [1.165, 1.54) is 16.7 Å². The molecule has 8 nitrogen and oxygen atoms in total. The number of nitrogens with one attached hydrogen (secondary N) is 1.